The van der Waals surface area contributed by atoms with Crippen LogP contribution in [-0.4, -0.2) is 35.5 Å². The number of halogens is 1. The van der Waals surface area contributed by atoms with Crippen LogP contribution in [0.3, 0.4) is 0 Å². The summed E-state index contributed by atoms with van der Waals surface area (Å²) < 4.78 is 5.12. The van der Waals surface area contributed by atoms with Crippen molar-refractivity contribution >= 4 is 23.9 Å². The van der Waals surface area contributed by atoms with E-state index in [9.17, 15) is 4.79 Å². The van der Waals surface area contributed by atoms with Gasteiger partial charge in [0.1, 0.15) is 5.60 Å². The van der Waals surface area contributed by atoms with Crippen molar-refractivity contribution in [3.05, 3.63) is 12.3 Å². The van der Waals surface area contributed by atoms with Crippen molar-refractivity contribution in [3.63, 3.8) is 0 Å². The molecule has 0 aromatic heterocycles. The molecule has 0 radical (unpaired) electrons. The van der Waals surface area contributed by atoms with E-state index in [2.05, 4.69) is 10.7 Å². The van der Waals surface area contributed by atoms with Gasteiger partial charge in [-0.1, -0.05) is 11.6 Å². The summed E-state index contributed by atoms with van der Waals surface area (Å²) in [6, 6.07) is 0. The van der Waals surface area contributed by atoms with E-state index in [1.54, 1.807) is 39.3 Å². The molecule has 0 aromatic rings. The van der Waals surface area contributed by atoms with E-state index in [1.165, 1.54) is 11.9 Å². The van der Waals surface area contributed by atoms with Crippen molar-refractivity contribution in [1.82, 2.24) is 4.90 Å². The Kier molecular flexibility index (Phi) is 6.06. The molecule has 1 amide bonds. The number of rotatable bonds is 0. The highest BCUT2D eigenvalue weighted by Crippen LogP contribution is 2.16. The lowest BCUT2D eigenvalue weighted by atomic mass is 10.2. The van der Waals surface area contributed by atoms with Crippen molar-refractivity contribution in [1.29, 1.82) is 0 Å². The van der Waals surface area contributed by atoms with Gasteiger partial charge in [-0.25, -0.2) is 9.69 Å². The van der Waals surface area contributed by atoms with Crippen LogP contribution >= 0.6 is 11.6 Å². The van der Waals surface area contributed by atoms with E-state index in [1.807, 2.05) is 0 Å². The largest absolute Gasteiger partial charge is 0.443 e. The molecule has 16 heavy (non-hydrogen) atoms. The van der Waals surface area contributed by atoms with Gasteiger partial charge in [0.25, 0.3) is 0 Å². The molecule has 92 valence electrons. The Hall–Kier alpha value is -1.07. The lowest BCUT2D eigenvalue weighted by Crippen LogP contribution is -2.37. The smallest absolute Gasteiger partial charge is 0.417 e. The fraction of sp³-hybridized carbons (Fsp3) is 0.600. The summed E-state index contributed by atoms with van der Waals surface area (Å²) in [5, 5.41) is 0. The molecular formula is C10H18ClN3O2. The van der Waals surface area contributed by atoms with Crippen LogP contribution < -0.4 is 5.73 Å². The molecule has 1 atom stereocenters. The van der Waals surface area contributed by atoms with Crippen LogP contribution in [0, 0.1) is 0 Å². The molecule has 0 spiro atoms. The average molecular weight is 248 g/mol. The summed E-state index contributed by atoms with van der Waals surface area (Å²) in [7, 11) is 1.50. The zero-order valence-electron chi connectivity index (χ0n) is 9.98. The first-order valence-electron chi connectivity index (χ1n) is 4.83. The van der Waals surface area contributed by atoms with E-state index in [4.69, 9.17) is 16.3 Å². The molecule has 0 fully saturated rings. The highest BCUT2D eigenvalue weighted by molar-refractivity contribution is 6.21. The van der Waals surface area contributed by atoms with Crippen LogP contribution in [0.1, 0.15) is 20.8 Å². The Morgan fingerprint density at radius 2 is 2.06 bits per heavy atom. The Morgan fingerprint density at radius 3 is 2.50 bits per heavy atom. The van der Waals surface area contributed by atoms with Crippen LogP contribution in [0.5, 0.6) is 0 Å². The van der Waals surface area contributed by atoms with Gasteiger partial charge >= 0.3 is 6.09 Å². The summed E-state index contributed by atoms with van der Waals surface area (Å²) >= 11 is 5.78. The van der Waals surface area contributed by atoms with Crippen LogP contribution in [0.4, 0.5) is 4.79 Å². The zero-order chi connectivity index (χ0) is 12.8. The van der Waals surface area contributed by atoms with Gasteiger partial charge in [0.05, 0.1) is 0 Å². The third-order valence-corrected chi connectivity index (χ3v) is 1.70. The van der Waals surface area contributed by atoms with Crippen molar-refractivity contribution in [2.45, 2.75) is 32.0 Å². The monoisotopic (exact) mass is 247 g/mol. The predicted octanol–water partition coefficient (Wildman–Crippen LogP) is 1.92. The van der Waals surface area contributed by atoms with E-state index < -0.39 is 17.3 Å². The maximum Gasteiger partial charge on any atom is 0.417 e. The van der Waals surface area contributed by atoms with Crippen molar-refractivity contribution < 1.29 is 9.53 Å². The van der Waals surface area contributed by atoms with Gasteiger partial charge < -0.3 is 10.5 Å². The zero-order valence-corrected chi connectivity index (χ0v) is 10.7. The van der Waals surface area contributed by atoms with Crippen molar-refractivity contribution in [2.24, 2.45) is 10.7 Å². The topological polar surface area (TPSA) is 67.9 Å². The first kappa shape index (κ1) is 14.9. The quantitative estimate of drug-likeness (QED) is 0.525. The SMILES string of the molecule is CC(C)(C)OC(=O)N1C=CC=NC1Cl.CN. The van der Waals surface area contributed by atoms with E-state index in [0.717, 1.165) is 0 Å². The maximum absolute atomic E-state index is 11.5. The number of nitrogens with zero attached hydrogens (tertiary/aromatic N) is 2. The standard InChI is InChI=1S/C9H13ClN2O2.CH5N/c1-9(2,3)14-8(13)12-6-4-5-11-7(12)10;1-2/h4-7H,1-3H3;2H2,1H3. The minimum Gasteiger partial charge on any atom is -0.443 e. The predicted molar refractivity (Wildman–Crippen MR) is 65.5 cm³/mol. The normalized spacial score (nSPS) is 18.9. The summed E-state index contributed by atoms with van der Waals surface area (Å²) in [6.45, 7) is 5.39. The summed E-state index contributed by atoms with van der Waals surface area (Å²) in [6.07, 6.45) is 4.21. The molecule has 5 nitrogen and oxygen atoms in total. The van der Waals surface area contributed by atoms with Gasteiger partial charge in [-0.15, -0.1) is 0 Å². The molecule has 1 aliphatic heterocycles. The second kappa shape index (κ2) is 6.50. The number of carbonyl (C=O) groups excluding carboxylic acids is 1. The third-order valence-electron chi connectivity index (χ3n) is 1.38. The molecule has 6 heteroatoms. The number of hydrogen-bond acceptors (Lipinski definition) is 4. The van der Waals surface area contributed by atoms with Crippen LogP contribution in [-0.2, 0) is 4.74 Å². The Bertz CT molecular complexity index is 284. The van der Waals surface area contributed by atoms with Crippen molar-refractivity contribution in [2.75, 3.05) is 7.05 Å². The summed E-state index contributed by atoms with van der Waals surface area (Å²) in [5.41, 5.74) is 3.26. The molecule has 0 bridgehead atoms. The number of aliphatic imine (C=N–C) groups is 1. The Labute approximate surface area is 101 Å². The molecule has 0 saturated heterocycles. The summed E-state index contributed by atoms with van der Waals surface area (Å²) in [5.74, 6) is 0. The molecule has 0 saturated carbocycles. The molecule has 0 aliphatic carbocycles. The molecule has 1 aliphatic rings. The number of nitrogens with two attached hydrogens (primary N) is 1. The second-order valence-corrected chi connectivity index (χ2v) is 4.23. The van der Waals surface area contributed by atoms with Gasteiger partial charge in [-0.3, -0.25) is 4.99 Å². The number of hydrogen-bond donors (Lipinski definition) is 1. The van der Waals surface area contributed by atoms with Gasteiger partial charge in [0.15, 0.2) is 0 Å². The first-order valence-corrected chi connectivity index (χ1v) is 5.27. The average Bonchev–Trinajstić information content (AvgIpc) is 2.18. The van der Waals surface area contributed by atoms with Crippen LogP contribution in [0.15, 0.2) is 17.3 Å². The Morgan fingerprint density at radius 1 is 1.50 bits per heavy atom. The first-order chi connectivity index (χ1) is 7.40. The molecule has 1 unspecified atom stereocenters. The molecule has 2 N–H and O–H groups in total. The maximum atomic E-state index is 11.5. The van der Waals surface area contributed by atoms with Crippen LogP contribution in [0.2, 0.25) is 0 Å². The van der Waals surface area contributed by atoms with Crippen LogP contribution in [0.25, 0.3) is 0 Å². The molecule has 1 rings (SSSR count). The number of carbonyl (C=O) groups is 1. The van der Waals surface area contributed by atoms with E-state index in [-0.39, 0.29) is 0 Å². The van der Waals surface area contributed by atoms with Gasteiger partial charge in [0.2, 0.25) is 5.62 Å². The number of alkyl halides is 1. The highest BCUT2D eigenvalue weighted by Gasteiger charge is 2.25. The molecular weight excluding hydrogens is 230 g/mol. The molecule has 0 aromatic carbocycles. The number of allylic oxidation sites excluding steroid dienone is 1. The minimum atomic E-state index is -0.713. The Balaban J connectivity index is 0.00000106. The second-order valence-electron chi connectivity index (χ2n) is 3.84. The third kappa shape index (κ3) is 5.14. The summed E-state index contributed by atoms with van der Waals surface area (Å²) in [4.78, 5) is 16.6. The van der Waals surface area contributed by atoms with Gasteiger partial charge in [-0.05, 0) is 33.9 Å². The highest BCUT2D eigenvalue weighted by atomic mass is 35.5. The van der Waals surface area contributed by atoms with Crippen molar-refractivity contribution in [3.8, 4) is 0 Å². The number of ether oxygens (including phenoxy) is 1. The van der Waals surface area contributed by atoms with Gasteiger partial charge in [-0.2, -0.15) is 0 Å². The van der Waals surface area contributed by atoms with E-state index in [0.29, 0.717) is 0 Å². The lowest BCUT2D eigenvalue weighted by molar-refractivity contribution is 0.0318. The van der Waals surface area contributed by atoms with Gasteiger partial charge in [0, 0.05) is 12.4 Å². The minimum absolute atomic E-state index is 0.495. The fourth-order valence-corrected chi connectivity index (χ4v) is 1.07. The lowest BCUT2D eigenvalue weighted by Gasteiger charge is -2.27. The fourth-order valence-electron chi connectivity index (χ4n) is 0.857. The van der Waals surface area contributed by atoms with E-state index >= 15 is 0 Å². The number of amides is 1. The molecule has 1 heterocycles.